The number of methoxy groups -OCH3 is 1. The van der Waals surface area contributed by atoms with Gasteiger partial charge in [0, 0.05) is 23.3 Å². The van der Waals surface area contributed by atoms with Crippen LogP contribution >= 0.6 is 11.3 Å². The highest BCUT2D eigenvalue weighted by Crippen LogP contribution is 2.26. The lowest BCUT2D eigenvalue weighted by Gasteiger charge is -2.18. The Hall–Kier alpha value is -3.45. The molecule has 0 aliphatic carbocycles. The fraction of sp³-hybridized carbons (Fsp3) is 0.208. The van der Waals surface area contributed by atoms with E-state index in [4.69, 9.17) is 9.26 Å². The first-order valence-electron chi connectivity index (χ1n) is 9.99. The van der Waals surface area contributed by atoms with Crippen LogP contribution in [0.25, 0.3) is 11.4 Å². The van der Waals surface area contributed by atoms with Crippen LogP contribution in [0.4, 0.5) is 0 Å². The van der Waals surface area contributed by atoms with E-state index in [-0.39, 0.29) is 18.4 Å². The molecular formula is C24H23N3O3S. The summed E-state index contributed by atoms with van der Waals surface area (Å²) in [7, 11) is 1.62. The van der Waals surface area contributed by atoms with Gasteiger partial charge in [0.25, 0.3) is 0 Å². The number of carbonyl (C=O) groups excluding carboxylic acids is 1. The fourth-order valence-corrected chi connectivity index (χ4v) is 4.00. The SMILES string of the molecule is COc1ccc(-c2noc(CCC(=O)NC(c3ccc(C)cc3)c3cccs3)n2)cc1. The minimum Gasteiger partial charge on any atom is -0.497 e. The predicted molar refractivity (Wildman–Crippen MR) is 120 cm³/mol. The van der Waals surface area contributed by atoms with Gasteiger partial charge in [0.1, 0.15) is 5.75 Å². The second-order valence-electron chi connectivity index (χ2n) is 7.17. The van der Waals surface area contributed by atoms with Crippen LogP contribution in [0.5, 0.6) is 5.75 Å². The molecule has 4 rings (SSSR count). The zero-order valence-corrected chi connectivity index (χ0v) is 18.2. The van der Waals surface area contributed by atoms with Crippen LogP contribution in [0, 0.1) is 6.92 Å². The van der Waals surface area contributed by atoms with E-state index in [2.05, 4.69) is 39.7 Å². The number of hydrogen-bond acceptors (Lipinski definition) is 6. The Bertz CT molecular complexity index is 1120. The van der Waals surface area contributed by atoms with E-state index in [0.29, 0.717) is 18.1 Å². The van der Waals surface area contributed by atoms with E-state index < -0.39 is 0 Å². The number of nitrogens with one attached hydrogen (secondary N) is 1. The maximum atomic E-state index is 12.7. The summed E-state index contributed by atoms with van der Waals surface area (Å²) in [6, 6.07) is 19.5. The van der Waals surface area contributed by atoms with Gasteiger partial charge in [0.15, 0.2) is 0 Å². The number of aromatic nitrogens is 2. The average Bonchev–Trinajstić information content (AvgIpc) is 3.49. The molecule has 6 nitrogen and oxygen atoms in total. The number of amides is 1. The minimum absolute atomic E-state index is 0.0665. The summed E-state index contributed by atoms with van der Waals surface area (Å²) in [5.41, 5.74) is 3.07. The standard InChI is InChI=1S/C24H23N3O3S/c1-16-5-7-17(8-6-16)23(20-4-3-15-31-20)25-21(28)13-14-22-26-24(27-30-22)18-9-11-19(29-2)12-10-18/h3-12,15,23H,13-14H2,1-2H3,(H,25,28). The first kappa shape index (κ1) is 20.8. The molecule has 1 atom stereocenters. The predicted octanol–water partition coefficient (Wildman–Crippen LogP) is 4.95. The Morgan fingerprint density at radius 2 is 1.90 bits per heavy atom. The zero-order chi connectivity index (χ0) is 21.6. The molecule has 0 aliphatic heterocycles. The molecule has 0 radical (unpaired) electrons. The normalized spacial score (nSPS) is 11.8. The lowest BCUT2D eigenvalue weighted by Crippen LogP contribution is -2.29. The smallest absolute Gasteiger partial charge is 0.227 e. The molecule has 2 aromatic heterocycles. The summed E-state index contributed by atoms with van der Waals surface area (Å²) >= 11 is 1.63. The van der Waals surface area contributed by atoms with Gasteiger partial charge in [-0.15, -0.1) is 11.3 Å². The van der Waals surface area contributed by atoms with Crippen LogP contribution in [0.15, 0.2) is 70.6 Å². The summed E-state index contributed by atoms with van der Waals surface area (Å²) in [6.45, 7) is 2.05. The van der Waals surface area contributed by atoms with Crippen molar-refractivity contribution in [2.75, 3.05) is 7.11 Å². The van der Waals surface area contributed by atoms with Gasteiger partial charge >= 0.3 is 0 Å². The van der Waals surface area contributed by atoms with Crippen LogP contribution in [-0.2, 0) is 11.2 Å². The summed E-state index contributed by atoms with van der Waals surface area (Å²) in [4.78, 5) is 18.2. The number of carbonyl (C=O) groups is 1. The Labute approximate surface area is 184 Å². The van der Waals surface area contributed by atoms with Crippen molar-refractivity contribution in [3.63, 3.8) is 0 Å². The highest BCUT2D eigenvalue weighted by atomic mass is 32.1. The number of benzene rings is 2. The topological polar surface area (TPSA) is 77.2 Å². The van der Waals surface area contributed by atoms with Crippen LogP contribution < -0.4 is 10.1 Å². The third kappa shape index (κ3) is 5.19. The van der Waals surface area contributed by atoms with Gasteiger partial charge in [-0.05, 0) is 48.2 Å². The largest absolute Gasteiger partial charge is 0.497 e. The highest BCUT2D eigenvalue weighted by Gasteiger charge is 2.19. The van der Waals surface area contributed by atoms with E-state index in [9.17, 15) is 4.79 Å². The first-order chi connectivity index (χ1) is 15.1. The molecule has 1 unspecified atom stereocenters. The van der Waals surface area contributed by atoms with Crippen molar-refractivity contribution >= 4 is 17.2 Å². The first-order valence-corrected chi connectivity index (χ1v) is 10.9. The summed E-state index contributed by atoms with van der Waals surface area (Å²) in [6.07, 6.45) is 0.637. The molecule has 4 aromatic rings. The van der Waals surface area contributed by atoms with Gasteiger partial charge in [-0.25, -0.2) is 0 Å². The fourth-order valence-electron chi connectivity index (χ4n) is 3.20. The molecule has 0 saturated heterocycles. The summed E-state index contributed by atoms with van der Waals surface area (Å²) < 4.78 is 10.5. The van der Waals surface area contributed by atoms with E-state index in [1.165, 1.54) is 5.56 Å². The average molecular weight is 434 g/mol. The summed E-state index contributed by atoms with van der Waals surface area (Å²) in [5.74, 6) is 1.62. The third-order valence-electron chi connectivity index (χ3n) is 4.93. The molecule has 1 amide bonds. The number of rotatable bonds is 8. The maximum Gasteiger partial charge on any atom is 0.227 e. The number of ether oxygens (including phenoxy) is 1. The Morgan fingerprint density at radius 1 is 1.13 bits per heavy atom. The van der Waals surface area contributed by atoms with Crippen molar-refractivity contribution in [1.82, 2.24) is 15.5 Å². The number of hydrogen-bond donors (Lipinski definition) is 1. The van der Waals surface area contributed by atoms with E-state index in [1.54, 1.807) is 18.4 Å². The van der Waals surface area contributed by atoms with Crippen molar-refractivity contribution in [2.24, 2.45) is 0 Å². The molecule has 2 heterocycles. The van der Waals surface area contributed by atoms with Crippen molar-refractivity contribution in [3.8, 4) is 17.1 Å². The van der Waals surface area contributed by atoms with E-state index >= 15 is 0 Å². The number of aryl methyl sites for hydroxylation is 2. The lowest BCUT2D eigenvalue weighted by atomic mass is 10.0. The number of thiophene rings is 1. The maximum absolute atomic E-state index is 12.7. The lowest BCUT2D eigenvalue weighted by molar-refractivity contribution is -0.121. The van der Waals surface area contributed by atoms with Crippen molar-refractivity contribution in [3.05, 3.63) is 87.9 Å². The monoisotopic (exact) mass is 433 g/mol. The van der Waals surface area contributed by atoms with Gasteiger partial charge in [0.2, 0.25) is 17.6 Å². The van der Waals surface area contributed by atoms with E-state index in [1.807, 2.05) is 48.7 Å². The molecule has 2 aromatic carbocycles. The van der Waals surface area contributed by atoms with Crippen LogP contribution in [0.3, 0.4) is 0 Å². The second kappa shape index (κ2) is 9.57. The van der Waals surface area contributed by atoms with Gasteiger partial charge < -0.3 is 14.6 Å². The molecule has 158 valence electrons. The molecule has 0 aliphatic rings. The molecule has 1 N–H and O–H groups in total. The molecule has 0 saturated carbocycles. The van der Waals surface area contributed by atoms with Crippen molar-refractivity contribution in [1.29, 1.82) is 0 Å². The second-order valence-corrected chi connectivity index (χ2v) is 8.15. The number of nitrogens with zero attached hydrogens (tertiary/aromatic N) is 2. The van der Waals surface area contributed by atoms with Crippen LogP contribution in [-0.4, -0.2) is 23.2 Å². The van der Waals surface area contributed by atoms with Gasteiger partial charge in [-0.2, -0.15) is 4.98 Å². The van der Waals surface area contributed by atoms with Gasteiger partial charge in [-0.3, -0.25) is 4.79 Å². The minimum atomic E-state index is -0.175. The van der Waals surface area contributed by atoms with Gasteiger partial charge in [-0.1, -0.05) is 41.1 Å². The van der Waals surface area contributed by atoms with Crippen LogP contribution in [0.2, 0.25) is 0 Å². The highest BCUT2D eigenvalue weighted by molar-refractivity contribution is 7.10. The third-order valence-corrected chi connectivity index (χ3v) is 5.86. The summed E-state index contributed by atoms with van der Waals surface area (Å²) in [5, 5.41) is 9.18. The Balaban J connectivity index is 1.39. The quantitative estimate of drug-likeness (QED) is 0.425. The zero-order valence-electron chi connectivity index (χ0n) is 17.4. The van der Waals surface area contributed by atoms with E-state index in [0.717, 1.165) is 21.8 Å². The van der Waals surface area contributed by atoms with Crippen molar-refractivity contribution in [2.45, 2.75) is 25.8 Å². The Morgan fingerprint density at radius 3 is 2.58 bits per heavy atom. The molecule has 0 bridgehead atoms. The molecule has 0 spiro atoms. The van der Waals surface area contributed by atoms with Crippen LogP contribution in [0.1, 0.15) is 34.4 Å². The van der Waals surface area contributed by atoms with Gasteiger partial charge in [0.05, 0.1) is 13.2 Å². The Kier molecular flexibility index (Phi) is 6.43. The van der Waals surface area contributed by atoms with Crippen molar-refractivity contribution < 1.29 is 14.1 Å². The molecule has 31 heavy (non-hydrogen) atoms. The molecule has 0 fully saturated rings. The molecule has 7 heteroatoms. The molecular weight excluding hydrogens is 410 g/mol.